The van der Waals surface area contributed by atoms with E-state index in [1.807, 2.05) is 24.3 Å². The quantitative estimate of drug-likeness (QED) is 0.920. The van der Waals surface area contributed by atoms with Crippen molar-refractivity contribution >= 4 is 26.0 Å². The van der Waals surface area contributed by atoms with Gasteiger partial charge in [-0.25, -0.2) is 8.42 Å². The highest BCUT2D eigenvalue weighted by molar-refractivity contribution is 9.10. The molecule has 2 aromatic rings. The molecule has 1 N–H and O–H groups in total. The van der Waals surface area contributed by atoms with Crippen molar-refractivity contribution in [2.45, 2.75) is 23.8 Å². The van der Waals surface area contributed by atoms with Gasteiger partial charge >= 0.3 is 0 Å². The van der Waals surface area contributed by atoms with Gasteiger partial charge in [-0.05, 0) is 30.5 Å². The molecule has 7 heteroatoms. The molecule has 1 fully saturated rings. The third-order valence-corrected chi connectivity index (χ3v) is 5.88. The molecule has 1 aliphatic heterocycles. The van der Waals surface area contributed by atoms with Gasteiger partial charge in [-0.15, -0.1) is 0 Å². The highest BCUT2D eigenvalue weighted by Crippen LogP contribution is 2.36. The molecule has 106 valence electrons. The first kappa shape index (κ1) is 13.8. The van der Waals surface area contributed by atoms with Crippen LogP contribution in [0.4, 0.5) is 0 Å². The Morgan fingerprint density at radius 1 is 1.40 bits per heavy atom. The summed E-state index contributed by atoms with van der Waals surface area (Å²) in [5.74, 6) is 0. The summed E-state index contributed by atoms with van der Waals surface area (Å²) in [5.41, 5.74) is 1.02. The molecule has 0 spiro atoms. The molecule has 0 saturated carbocycles. The molecule has 2 heterocycles. The average Bonchev–Trinajstić information content (AvgIpc) is 3.11. The second-order valence-electron chi connectivity index (χ2n) is 4.76. The summed E-state index contributed by atoms with van der Waals surface area (Å²) in [7, 11) is -3.48. The smallest absolute Gasteiger partial charge is 0.246 e. The molecule has 1 saturated heterocycles. The van der Waals surface area contributed by atoms with Crippen LogP contribution in [0.25, 0.3) is 0 Å². The Bertz CT molecular complexity index is 700. The van der Waals surface area contributed by atoms with Crippen molar-refractivity contribution < 1.29 is 8.42 Å². The van der Waals surface area contributed by atoms with Crippen LogP contribution in [-0.2, 0) is 10.0 Å². The van der Waals surface area contributed by atoms with E-state index < -0.39 is 10.0 Å². The van der Waals surface area contributed by atoms with Crippen LogP contribution in [-0.4, -0.2) is 29.5 Å². The number of hydrogen-bond acceptors (Lipinski definition) is 3. The first-order valence-corrected chi connectivity index (χ1v) is 8.58. The molecule has 0 aliphatic carbocycles. The lowest BCUT2D eigenvalue weighted by Crippen LogP contribution is -2.30. The topological polar surface area (TPSA) is 66.1 Å². The van der Waals surface area contributed by atoms with E-state index in [1.54, 1.807) is 4.31 Å². The Kier molecular flexibility index (Phi) is 3.66. The molecule has 3 rings (SSSR count). The first-order valence-electron chi connectivity index (χ1n) is 6.35. The summed E-state index contributed by atoms with van der Waals surface area (Å²) >= 11 is 3.44. The molecule has 1 atom stereocenters. The number of sulfonamides is 1. The van der Waals surface area contributed by atoms with Crippen molar-refractivity contribution in [3.8, 4) is 0 Å². The van der Waals surface area contributed by atoms with Crippen molar-refractivity contribution in [3.05, 3.63) is 46.7 Å². The van der Waals surface area contributed by atoms with Gasteiger partial charge in [0.15, 0.2) is 0 Å². The third-order valence-electron chi connectivity index (χ3n) is 3.52. The van der Waals surface area contributed by atoms with Gasteiger partial charge < -0.3 is 0 Å². The zero-order valence-electron chi connectivity index (χ0n) is 10.7. The van der Waals surface area contributed by atoms with E-state index in [4.69, 9.17) is 0 Å². The molecule has 0 bridgehead atoms. The Morgan fingerprint density at radius 2 is 2.25 bits per heavy atom. The molecule has 1 aromatic carbocycles. The summed E-state index contributed by atoms with van der Waals surface area (Å²) in [4.78, 5) is 0.222. The van der Waals surface area contributed by atoms with E-state index in [1.165, 1.54) is 12.4 Å². The van der Waals surface area contributed by atoms with Crippen LogP contribution in [0.3, 0.4) is 0 Å². The maximum absolute atomic E-state index is 12.6. The predicted octanol–water partition coefficient (Wildman–Crippen LogP) is 2.70. The Labute approximate surface area is 126 Å². The van der Waals surface area contributed by atoms with Crippen LogP contribution in [0.1, 0.15) is 24.4 Å². The average molecular weight is 356 g/mol. The van der Waals surface area contributed by atoms with Gasteiger partial charge in [-0.3, -0.25) is 5.10 Å². The van der Waals surface area contributed by atoms with Crippen LogP contribution in [0.2, 0.25) is 0 Å². The SMILES string of the molecule is O=S(=O)(c1cn[nH]c1)N1CCCC1c1cccc(Br)c1. The lowest BCUT2D eigenvalue weighted by Gasteiger charge is -2.23. The second kappa shape index (κ2) is 5.31. The summed E-state index contributed by atoms with van der Waals surface area (Å²) in [6.07, 6.45) is 4.49. The molecular weight excluding hydrogens is 342 g/mol. The van der Waals surface area contributed by atoms with Crippen LogP contribution in [0, 0.1) is 0 Å². The number of hydrogen-bond donors (Lipinski definition) is 1. The highest BCUT2D eigenvalue weighted by Gasteiger charge is 2.36. The number of aromatic nitrogens is 2. The van der Waals surface area contributed by atoms with Gasteiger partial charge in [0.1, 0.15) is 4.90 Å². The minimum atomic E-state index is -3.48. The normalized spacial score (nSPS) is 20.4. The van der Waals surface area contributed by atoms with Crippen LogP contribution < -0.4 is 0 Å². The Balaban J connectivity index is 1.98. The van der Waals surface area contributed by atoms with Crippen molar-refractivity contribution in [3.63, 3.8) is 0 Å². The largest absolute Gasteiger partial charge is 0.284 e. The number of nitrogens with one attached hydrogen (secondary N) is 1. The summed E-state index contributed by atoms with van der Waals surface area (Å²) in [5, 5.41) is 6.29. The molecule has 0 radical (unpaired) electrons. The standard InChI is InChI=1S/C13H14BrN3O2S/c14-11-4-1-3-10(7-11)13-5-2-6-17(13)20(18,19)12-8-15-16-9-12/h1,3-4,7-9,13H,2,5-6H2,(H,15,16). The summed E-state index contributed by atoms with van der Waals surface area (Å²) in [6, 6.07) is 7.72. The second-order valence-corrected chi connectivity index (χ2v) is 7.57. The van der Waals surface area contributed by atoms with Crippen LogP contribution in [0.5, 0.6) is 0 Å². The highest BCUT2D eigenvalue weighted by atomic mass is 79.9. The van der Waals surface area contributed by atoms with Crippen LogP contribution in [0.15, 0.2) is 46.0 Å². The van der Waals surface area contributed by atoms with Gasteiger partial charge in [0.05, 0.1) is 12.2 Å². The van der Waals surface area contributed by atoms with E-state index in [2.05, 4.69) is 26.1 Å². The number of benzene rings is 1. The molecular formula is C13H14BrN3O2S. The number of nitrogens with zero attached hydrogens (tertiary/aromatic N) is 2. The molecule has 1 unspecified atom stereocenters. The fourth-order valence-corrected chi connectivity index (χ4v) is 4.60. The lowest BCUT2D eigenvalue weighted by atomic mass is 10.1. The molecule has 1 aliphatic rings. The maximum atomic E-state index is 12.6. The number of halogens is 1. The monoisotopic (exact) mass is 355 g/mol. The molecule has 1 aromatic heterocycles. The zero-order chi connectivity index (χ0) is 14.2. The van der Waals surface area contributed by atoms with E-state index >= 15 is 0 Å². The van der Waals surface area contributed by atoms with E-state index in [9.17, 15) is 8.42 Å². The number of aromatic amines is 1. The Hall–Kier alpha value is -1.18. The number of H-pyrrole nitrogens is 1. The van der Waals surface area contributed by atoms with Crippen molar-refractivity contribution in [1.29, 1.82) is 0 Å². The molecule has 0 amide bonds. The predicted molar refractivity (Wildman–Crippen MR) is 78.6 cm³/mol. The minimum absolute atomic E-state index is 0.104. The molecule has 20 heavy (non-hydrogen) atoms. The maximum Gasteiger partial charge on any atom is 0.246 e. The summed E-state index contributed by atoms with van der Waals surface area (Å²) in [6.45, 7) is 0.546. The molecule has 5 nitrogen and oxygen atoms in total. The summed E-state index contributed by atoms with van der Waals surface area (Å²) < 4.78 is 27.8. The van der Waals surface area contributed by atoms with E-state index in [0.29, 0.717) is 6.54 Å². The first-order chi connectivity index (χ1) is 9.59. The lowest BCUT2D eigenvalue weighted by molar-refractivity contribution is 0.396. The van der Waals surface area contributed by atoms with Crippen molar-refractivity contribution in [1.82, 2.24) is 14.5 Å². The van der Waals surface area contributed by atoms with Gasteiger partial charge in [-0.2, -0.15) is 9.40 Å². The fourth-order valence-electron chi connectivity index (χ4n) is 2.59. The fraction of sp³-hybridized carbons (Fsp3) is 0.308. The Morgan fingerprint density at radius 3 is 2.95 bits per heavy atom. The van der Waals surface area contributed by atoms with Gasteiger partial charge in [-0.1, -0.05) is 28.1 Å². The minimum Gasteiger partial charge on any atom is -0.284 e. The third kappa shape index (κ3) is 2.41. The van der Waals surface area contributed by atoms with E-state index in [-0.39, 0.29) is 10.9 Å². The number of rotatable bonds is 3. The van der Waals surface area contributed by atoms with Gasteiger partial charge in [0, 0.05) is 17.2 Å². The van der Waals surface area contributed by atoms with Crippen molar-refractivity contribution in [2.75, 3.05) is 6.54 Å². The van der Waals surface area contributed by atoms with Gasteiger partial charge in [0.2, 0.25) is 10.0 Å². The van der Waals surface area contributed by atoms with Crippen molar-refractivity contribution in [2.24, 2.45) is 0 Å². The zero-order valence-corrected chi connectivity index (χ0v) is 13.1. The van der Waals surface area contributed by atoms with E-state index in [0.717, 1.165) is 22.9 Å². The van der Waals surface area contributed by atoms with Gasteiger partial charge in [0.25, 0.3) is 0 Å². The van der Waals surface area contributed by atoms with Crippen LogP contribution >= 0.6 is 15.9 Å².